The Morgan fingerprint density at radius 2 is 1.88 bits per heavy atom. The molecule has 1 heterocycles. The van der Waals surface area contributed by atoms with E-state index < -0.39 is 0 Å². The second kappa shape index (κ2) is 8.83. The van der Waals surface area contributed by atoms with Crippen molar-refractivity contribution in [3.05, 3.63) is 35.4 Å². The molecule has 2 amide bonds. The van der Waals surface area contributed by atoms with Crippen molar-refractivity contribution in [1.29, 1.82) is 0 Å². The van der Waals surface area contributed by atoms with E-state index in [0.29, 0.717) is 26.1 Å². The smallest absolute Gasteiger partial charge is 0.234 e. The minimum Gasteiger partial charge on any atom is -0.353 e. The zero-order valence-corrected chi connectivity index (χ0v) is 15.0. The Kier molecular flexibility index (Phi) is 6.79. The summed E-state index contributed by atoms with van der Waals surface area (Å²) < 4.78 is 0. The fourth-order valence-electron chi connectivity index (χ4n) is 3.00. The Hall–Kier alpha value is -1.88. The van der Waals surface area contributed by atoms with Gasteiger partial charge >= 0.3 is 0 Å². The van der Waals surface area contributed by atoms with E-state index in [1.54, 1.807) is 0 Å². The zero-order valence-electron chi connectivity index (χ0n) is 15.0. The zero-order chi connectivity index (χ0) is 17.5. The maximum Gasteiger partial charge on any atom is 0.234 e. The molecule has 0 atom stereocenters. The summed E-state index contributed by atoms with van der Waals surface area (Å²) in [6.45, 7) is 9.36. The van der Waals surface area contributed by atoms with E-state index in [2.05, 4.69) is 35.3 Å². The summed E-state index contributed by atoms with van der Waals surface area (Å²) in [6, 6.07) is 8.49. The summed E-state index contributed by atoms with van der Waals surface area (Å²) in [6.07, 6.45) is 1.34. The van der Waals surface area contributed by atoms with E-state index in [4.69, 9.17) is 0 Å². The van der Waals surface area contributed by atoms with Crippen LogP contribution in [0.15, 0.2) is 24.3 Å². The molecule has 1 fully saturated rings. The Morgan fingerprint density at radius 3 is 2.50 bits per heavy atom. The molecule has 24 heavy (non-hydrogen) atoms. The van der Waals surface area contributed by atoms with Crippen molar-refractivity contribution < 1.29 is 9.59 Å². The predicted octanol–water partition coefficient (Wildman–Crippen LogP) is 1.60. The molecule has 1 aromatic carbocycles. The predicted molar refractivity (Wildman–Crippen MR) is 95.8 cm³/mol. The molecule has 0 aliphatic carbocycles. The molecule has 0 spiro atoms. The van der Waals surface area contributed by atoms with E-state index in [-0.39, 0.29) is 17.9 Å². The lowest BCUT2D eigenvalue weighted by molar-refractivity contribution is -0.133. The molecule has 0 aromatic heterocycles. The van der Waals surface area contributed by atoms with E-state index in [1.165, 1.54) is 11.1 Å². The van der Waals surface area contributed by atoms with Gasteiger partial charge in [-0.15, -0.1) is 0 Å². The molecule has 0 saturated carbocycles. The minimum absolute atomic E-state index is 0.0595. The van der Waals surface area contributed by atoms with E-state index in [9.17, 15) is 9.59 Å². The third-order valence-electron chi connectivity index (χ3n) is 4.25. The normalized spacial score (nSPS) is 15.6. The van der Waals surface area contributed by atoms with E-state index in [1.807, 2.05) is 24.8 Å². The van der Waals surface area contributed by atoms with Crippen LogP contribution < -0.4 is 5.32 Å². The Labute approximate surface area is 145 Å². The summed E-state index contributed by atoms with van der Waals surface area (Å²) in [7, 11) is 0. The molecule has 2 rings (SSSR count). The molecule has 1 aliphatic rings. The summed E-state index contributed by atoms with van der Waals surface area (Å²) in [5.41, 5.74) is 2.44. The van der Waals surface area contributed by atoms with Crippen LogP contribution in [0.2, 0.25) is 0 Å². The maximum atomic E-state index is 12.4. The largest absolute Gasteiger partial charge is 0.353 e. The minimum atomic E-state index is 0.0595. The average Bonchev–Trinajstić information content (AvgIpc) is 2.52. The highest BCUT2D eigenvalue weighted by Gasteiger charge is 2.22. The summed E-state index contributed by atoms with van der Waals surface area (Å²) >= 11 is 0. The number of hydrogen-bond acceptors (Lipinski definition) is 3. The van der Waals surface area contributed by atoms with Crippen molar-refractivity contribution in [3.8, 4) is 0 Å². The molecule has 1 aliphatic heterocycles. The number of carbonyl (C=O) groups is 2. The van der Waals surface area contributed by atoms with Gasteiger partial charge in [0.2, 0.25) is 11.8 Å². The third kappa shape index (κ3) is 5.96. The Balaban J connectivity index is 1.71. The van der Waals surface area contributed by atoms with Gasteiger partial charge in [-0.2, -0.15) is 0 Å². The van der Waals surface area contributed by atoms with Crippen LogP contribution in [0, 0.1) is 6.92 Å². The standard InChI is InChI=1S/C19H29N3O2/c1-15(2)20-18(23)14-21-9-11-22(12-10-21)19(24)8-7-17-6-4-5-16(3)13-17/h4-6,13,15H,7-12,14H2,1-3H3,(H,20,23). The lowest BCUT2D eigenvalue weighted by atomic mass is 10.1. The molecule has 5 nitrogen and oxygen atoms in total. The van der Waals surface area contributed by atoms with Crippen molar-refractivity contribution in [2.45, 2.75) is 39.7 Å². The Bertz CT molecular complexity index is 563. The number of nitrogens with zero attached hydrogens (tertiary/aromatic N) is 2. The van der Waals surface area contributed by atoms with Gasteiger partial charge in [-0.05, 0) is 32.8 Å². The third-order valence-corrected chi connectivity index (χ3v) is 4.25. The quantitative estimate of drug-likeness (QED) is 0.861. The van der Waals surface area contributed by atoms with Gasteiger partial charge in [0.05, 0.1) is 6.54 Å². The van der Waals surface area contributed by atoms with Gasteiger partial charge in [0.15, 0.2) is 0 Å². The van der Waals surface area contributed by atoms with Crippen LogP contribution in [0.4, 0.5) is 0 Å². The first-order chi connectivity index (χ1) is 11.4. The molecule has 132 valence electrons. The molecule has 1 saturated heterocycles. The summed E-state index contributed by atoms with van der Waals surface area (Å²) in [4.78, 5) is 28.2. The second-order valence-corrected chi connectivity index (χ2v) is 6.87. The van der Waals surface area contributed by atoms with Gasteiger partial charge in [0.25, 0.3) is 0 Å². The molecule has 0 unspecified atom stereocenters. The van der Waals surface area contributed by atoms with Crippen LogP contribution in [0.5, 0.6) is 0 Å². The van der Waals surface area contributed by atoms with Crippen LogP contribution in [0.1, 0.15) is 31.4 Å². The number of nitrogens with one attached hydrogen (secondary N) is 1. The number of piperazine rings is 1. The highest BCUT2D eigenvalue weighted by molar-refractivity contribution is 5.78. The molecule has 0 bridgehead atoms. The van der Waals surface area contributed by atoms with Crippen molar-refractivity contribution >= 4 is 11.8 Å². The van der Waals surface area contributed by atoms with E-state index >= 15 is 0 Å². The SMILES string of the molecule is Cc1cccc(CCC(=O)N2CCN(CC(=O)NC(C)C)CC2)c1. The van der Waals surface area contributed by atoms with Crippen LogP contribution in [0.25, 0.3) is 0 Å². The lowest BCUT2D eigenvalue weighted by Crippen LogP contribution is -2.51. The molecular formula is C19H29N3O2. The fourth-order valence-corrected chi connectivity index (χ4v) is 3.00. The number of rotatable bonds is 6. The summed E-state index contributed by atoms with van der Waals surface area (Å²) in [5.74, 6) is 0.270. The summed E-state index contributed by atoms with van der Waals surface area (Å²) in [5, 5.41) is 2.91. The number of carbonyl (C=O) groups excluding carboxylic acids is 2. The molecule has 5 heteroatoms. The first-order valence-corrected chi connectivity index (χ1v) is 8.79. The van der Waals surface area contributed by atoms with Gasteiger partial charge in [-0.1, -0.05) is 29.8 Å². The fraction of sp³-hybridized carbons (Fsp3) is 0.579. The van der Waals surface area contributed by atoms with Crippen LogP contribution in [-0.2, 0) is 16.0 Å². The van der Waals surface area contributed by atoms with Gasteiger partial charge in [0.1, 0.15) is 0 Å². The number of amides is 2. The maximum absolute atomic E-state index is 12.4. The van der Waals surface area contributed by atoms with Crippen LogP contribution in [0.3, 0.4) is 0 Å². The lowest BCUT2D eigenvalue weighted by Gasteiger charge is -2.34. The van der Waals surface area contributed by atoms with Crippen LogP contribution in [-0.4, -0.2) is 60.4 Å². The van der Waals surface area contributed by atoms with Crippen molar-refractivity contribution in [3.63, 3.8) is 0 Å². The average molecular weight is 331 g/mol. The molecule has 1 aromatic rings. The van der Waals surface area contributed by atoms with Gasteiger partial charge < -0.3 is 10.2 Å². The van der Waals surface area contributed by atoms with Crippen molar-refractivity contribution in [1.82, 2.24) is 15.1 Å². The van der Waals surface area contributed by atoms with Crippen molar-refractivity contribution in [2.75, 3.05) is 32.7 Å². The molecule has 1 N–H and O–H groups in total. The van der Waals surface area contributed by atoms with Gasteiger partial charge in [-0.25, -0.2) is 0 Å². The second-order valence-electron chi connectivity index (χ2n) is 6.87. The van der Waals surface area contributed by atoms with Gasteiger partial charge in [0, 0.05) is 38.6 Å². The highest BCUT2D eigenvalue weighted by atomic mass is 16.2. The molecule has 0 radical (unpaired) electrons. The number of hydrogen-bond donors (Lipinski definition) is 1. The van der Waals surface area contributed by atoms with Crippen LogP contribution >= 0.6 is 0 Å². The molecular weight excluding hydrogens is 302 g/mol. The van der Waals surface area contributed by atoms with Gasteiger partial charge in [-0.3, -0.25) is 14.5 Å². The monoisotopic (exact) mass is 331 g/mol. The first kappa shape index (κ1) is 18.5. The first-order valence-electron chi connectivity index (χ1n) is 8.79. The van der Waals surface area contributed by atoms with E-state index in [0.717, 1.165) is 19.5 Å². The topological polar surface area (TPSA) is 52.7 Å². The Morgan fingerprint density at radius 1 is 1.17 bits per heavy atom. The van der Waals surface area contributed by atoms with Crippen molar-refractivity contribution in [2.24, 2.45) is 0 Å². The highest BCUT2D eigenvalue weighted by Crippen LogP contribution is 2.09. The number of benzene rings is 1. The number of aryl methyl sites for hydroxylation is 2.